The highest BCUT2D eigenvalue weighted by Gasteiger charge is 2.31. The summed E-state index contributed by atoms with van der Waals surface area (Å²) in [5, 5.41) is 17.8. The molecule has 224 valence electrons. The Kier molecular flexibility index (Phi) is 9.02. The van der Waals surface area contributed by atoms with Crippen molar-refractivity contribution >= 4 is 23.5 Å². The van der Waals surface area contributed by atoms with Gasteiger partial charge in [-0.05, 0) is 54.1 Å². The lowest BCUT2D eigenvalue weighted by atomic mass is 10.1. The van der Waals surface area contributed by atoms with Gasteiger partial charge in [0, 0.05) is 29.4 Å². The summed E-state index contributed by atoms with van der Waals surface area (Å²) in [5.41, 5.74) is -0.0322. The van der Waals surface area contributed by atoms with Crippen LogP contribution in [0.25, 0.3) is 11.3 Å². The fourth-order valence-corrected chi connectivity index (χ4v) is 3.83. The van der Waals surface area contributed by atoms with Crippen LogP contribution < -0.4 is 15.4 Å². The molecular weight excluding hydrogens is 586 g/mol. The van der Waals surface area contributed by atoms with Gasteiger partial charge >= 0.3 is 12.3 Å². The number of carbonyl (C=O) groups is 3. The van der Waals surface area contributed by atoms with Crippen molar-refractivity contribution in [3.63, 3.8) is 0 Å². The molecule has 0 atom stereocenters. The molecule has 1 aromatic heterocycles. The second-order valence-electron chi connectivity index (χ2n) is 8.94. The van der Waals surface area contributed by atoms with Crippen LogP contribution >= 0.6 is 0 Å². The van der Waals surface area contributed by atoms with E-state index in [0.717, 1.165) is 35.0 Å². The number of hydrogen-bond donors (Lipinski definition) is 3. The van der Waals surface area contributed by atoms with Gasteiger partial charge in [-0.15, -0.1) is 13.2 Å². The summed E-state index contributed by atoms with van der Waals surface area (Å²) in [4.78, 5) is 36.0. The molecule has 0 saturated heterocycles. The van der Waals surface area contributed by atoms with Crippen LogP contribution in [0.3, 0.4) is 0 Å². The van der Waals surface area contributed by atoms with Crippen molar-refractivity contribution in [1.29, 1.82) is 0 Å². The van der Waals surface area contributed by atoms with E-state index in [1.165, 1.54) is 24.3 Å². The van der Waals surface area contributed by atoms with Crippen LogP contribution in [0.2, 0.25) is 0 Å². The molecular formula is C28H20F6N4O5. The highest BCUT2D eigenvalue weighted by Crippen LogP contribution is 2.27. The summed E-state index contributed by atoms with van der Waals surface area (Å²) in [6.45, 7) is -0.198. The number of carbonyl (C=O) groups excluding carboxylic acids is 2. The molecule has 3 aromatic carbocycles. The monoisotopic (exact) mass is 606 g/mol. The average Bonchev–Trinajstić information content (AvgIpc) is 3.34. The zero-order chi connectivity index (χ0) is 31.3. The highest BCUT2D eigenvalue weighted by molar-refractivity contribution is 6.03. The van der Waals surface area contributed by atoms with Crippen molar-refractivity contribution in [3.8, 4) is 17.0 Å². The molecule has 0 spiro atoms. The molecule has 0 aliphatic heterocycles. The van der Waals surface area contributed by atoms with Gasteiger partial charge in [0.05, 0.1) is 18.7 Å². The van der Waals surface area contributed by atoms with E-state index in [0.29, 0.717) is 17.7 Å². The number of carboxylic acid groups (broad SMARTS) is 1. The number of aromatic nitrogens is 2. The van der Waals surface area contributed by atoms with Gasteiger partial charge in [0.25, 0.3) is 11.8 Å². The number of alkyl halides is 3. The predicted molar refractivity (Wildman–Crippen MR) is 139 cm³/mol. The number of hydrogen-bond acceptors (Lipinski definition) is 5. The summed E-state index contributed by atoms with van der Waals surface area (Å²) in [6, 6.07) is 12.2. The Balaban J connectivity index is 1.60. The standard InChI is InChI=1S/C28H20F6N4O5/c29-20-12-22(31)21(30)11-19(20)23-13-24(27(42)36-17-5-7-18(8-6-17)43-28(32,33)34)38(37-23)14-15-1-3-16(4-2-15)26(41)35-10-9-25(39)40/h1-8,11-13H,9-10,14H2,(H,35,41)(H,36,42)(H,39,40). The predicted octanol–water partition coefficient (Wildman–Crippen LogP) is 5.37. The van der Waals surface area contributed by atoms with Crippen molar-refractivity contribution in [3.05, 3.63) is 101 Å². The van der Waals surface area contributed by atoms with E-state index < -0.39 is 52.9 Å². The normalized spacial score (nSPS) is 11.2. The molecule has 4 rings (SSSR count). The number of halogens is 6. The Morgan fingerprint density at radius 1 is 0.860 bits per heavy atom. The van der Waals surface area contributed by atoms with E-state index in [-0.39, 0.29) is 42.1 Å². The number of ether oxygens (including phenoxy) is 1. The van der Waals surface area contributed by atoms with Gasteiger partial charge in [-0.1, -0.05) is 12.1 Å². The topological polar surface area (TPSA) is 123 Å². The molecule has 0 unspecified atom stereocenters. The lowest BCUT2D eigenvalue weighted by molar-refractivity contribution is -0.274. The summed E-state index contributed by atoms with van der Waals surface area (Å²) < 4.78 is 84.2. The number of aliphatic carboxylic acids is 1. The quantitative estimate of drug-likeness (QED) is 0.165. The van der Waals surface area contributed by atoms with E-state index >= 15 is 0 Å². The molecule has 1 heterocycles. The summed E-state index contributed by atoms with van der Waals surface area (Å²) >= 11 is 0. The first-order chi connectivity index (χ1) is 20.3. The molecule has 0 saturated carbocycles. The van der Waals surface area contributed by atoms with Crippen LogP contribution in [0, 0.1) is 17.5 Å². The smallest absolute Gasteiger partial charge is 0.481 e. The van der Waals surface area contributed by atoms with E-state index in [9.17, 15) is 40.7 Å². The molecule has 0 aliphatic carbocycles. The second-order valence-corrected chi connectivity index (χ2v) is 8.94. The maximum absolute atomic E-state index is 14.5. The van der Waals surface area contributed by atoms with Crippen LogP contribution in [-0.4, -0.2) is 45.6 Å². The maximum atomic E-state index is 14.5. The van der Waals surface area contributed by atoms with E-state index in [1.54, 1.807) is 0 Å². The molecule has 0 fully saturated rings. The number of nitrogens with zero attached hydrogens (tertiary/aromatic N) is 2. The van der Waals surface area contributed by atoms with E-state index in [1.807, 2.05) is 0 Å². The first-order valence-corrected chi connectivity index (χ1v) is 12.3. The van der Waals surface area contributed by atoms with Crippen molar-refractivity contribution in [1.82, 2.24) is 15.1 Å². The number of nitrogens with one attached hydrogen (secondary N) is 2. The molecule has 3 N–H and O–H groups in total. The Bertz CT molecular complexity index is 1650. The first-order valence-electron chi connectivity index (χ1n) is 12.3. The van der Waals surface area contributed by atoms with Crippen molar-refractivity contribution < 1.29 is 50.6 Å². The Labute approximate surface area is 238 Å². The number of carboxylic acids is 1. The number of benzene rings is 3. The molecule has 0 aliphatic rings. The van der Waals surface area contributed by atoms with E-state index in [4.69, 9.17) is 5.11 Å². The summed E-state index contributed by atoms with van der Waals surface area (Å²) in [5.74, 6) is -6.86. The van der Waals surface area contributed by atoms with Crippen molar-refractivity contribution in [2.75, 3.05) is 11.9 Å². The third-order valence-electron chi connectivity index (χ3n) is 5.82. The third kappa shape index (κ3) is 8.12. The number of anilines is 1. The fourth-order valence-electron chi connectivity index (χ4n) is 3.83. The molecule has 43 heavy (non-hydrogen) atoms. The Morgan fingerprint density at radius 3 is 2.14 bits per heavy atom. The van der Waals surface area contributed by atoms with Gasteiger partial charge < -0.3 is 20.5 Å². The molecule has 0 bridgehead atoms. The van der Waals surface area contributed by atoms with Gasteiger partial charge in [-0.3, -0.25) is 19.1 Å². The first kappa shape index (κ1) is 30.6. The lowest BCUT2D eigenvalue weighted by Gasteiger charge is -2.11. The van der Waals surface area contributed by atoms with Crippen LogP contribution in [0.15, 0.2) is 66.7 Å². The van der Waals surface area contributed by atoms with Crippen molar-refractivity contribution in [2.24, 2.45) is 0 Å². The van der Waals surface area contributed by atoms with Gasteiger partial charge in [0.15, 0.2) is 11.6 Å². The molecule has 15 heteroatoms. The van der Waals surface area contributed by atoms with Crippen LogP contribution in [0.5, 0.6) is 5.75 Å². The number of amides is 2. The Morgan fingerprint density at radius 2 is 1.51 bits per heavy atom. The van der Waals surface area contributed by atoms with Crippen LogP contribution in [-0.2, 0) is 11.3 Å². The second kappa shape index (κ2) is 12.7. The minimum Gasteiger partial charge on any atom is -0.481 e. The molecule has 2 amide bonds. The Hall–Kier alpha value is -5.34. The summed E-state index contributed by atoms with van der Waals surface area (Å²) in [7, 11) is 0. The average molecular weight is 606 g/mol. The van der Waals surface area contributed by atoms with Gasteiger partial charge in [-0.25, -0.2) is 13.2 Å². The minimum atomic E-state index is -4.91. The fraction of sp³-hybridized carbons (Fsp3) is 0.143. The van der Waals surface area contributed by atoms with Crippen LogP contribution in [0.4, 0.5) is 32.0 Å². The van der Waals surface area contributed by atoms with Gasteiger partial charge in [0.2, 0.25) is 0 Å². The largest absolute Gasteiger partial charge is 0.573 e. The lowest BCUT2D eigenvalue weighted by Crippen LogP contribution is -2.26. The van der Waals surface area contributed by atoms with Crippen molar-refractivity contribution in [2.45, 2.75) is 19.3 Å². The van der Waals surface area contributed by atoms with Gasteiger partial charge in [-0.2, -0.15) is 5.10 Å². The van der Waals surface area contributed by atoms with Crippen LogP contribution in [0.1, 0.15) is 32.8 Å². The van der Waals surface area contributed by atoms with E-state index in [2.05, 4.69) is 20.5 Å². The minimum absolute atomic E-state index is 0.0751. The third-order valence-corrected chi connectivity index (χ3v) is 5.82. The SMILES string of the molecule is O=C(O)CCNC(=O)c1ccc(Cn2nc(-c3cc(F)c(F)cc3F)cc2C(=O)Nc2ccc(OC(F)(F)F)cc2)cc1. The maximum Gasteiger partial charge on any atom is 0.573 e. The van der Waals surface area contributed by atoms with Gasteiger partial charge in [0.1, 0.15) is 17.3 Å². The molecule has 9 nitrogen and oxygen atoms in total. The molecule has 4 aromatic rings. The summed E-state index contributed by atoms with van der Waals surface area (Å²) in [6.07, 6.45) is -5.18. The zero-order valence-corrected chi connectivity index (χ0v) is 21.7. The number of rotatable bonds is 10. The highest BCUT2D eigenvalue weighted by atomic mass is 19.4. The molecule has 0 radical (unpaired) electrons. The zero-order valence-electron chi connectivity index (χ0n) is 21.7.